The number of benzene rings is 1. The topological polar surface area (TPSA) is 40.5 Å². The molecule has 1 aromatic carbocycles. The summed E-state index contributed by atoms with van der Waals surface area (Å²) in [6.45, 7) is 4.59. The maximum Gasteiger partial charge on any atom is 0.416 e. The maximum atomic E-state index is 12.9. The van der Waals surface area contributed by atoms with Crippen LogP contribution in [0.2, 0.25) is 0 Å². The van der Waals surface area contributed by atoms with Gasteiger partial charge in [-0.25, -0.2) is 0 Å². The zero-order valence-electron chi connectivity index (χ0n) is 18.8. The first-order chi connectivity index (χ1) is 15.0. The predicted octanol–water partition coefficient (Wildman–Crippen LogP) is 6.38. The normalized spacial score (nSPS) is 42.8. The summed E-state index contributed by atoms with van der Waals surface area (Å²) in [4.78, 5) is 0. The van der Waals surface area contributed by atoms with Gasteiger partial charge in [0, 0.05) is 5.41 Å². The van der Waals surface area contributed by atoms with Crippen LogP contribution in [0, 0.1) is 28.6 Å². The molecule has 1 aromatic rings. The lowest BCUT2D eigenvalue weighted by Gasteiger charge is -2.57. The van der Waals surface area contributed by atoms with Crippen LogP contribution in [0.4, 0.5) is 13.2 Å². The monoisotopic (exact) mass is 446 g/mol. The van der Waals surface area contributed by atoms with E-state index in [9.17, 15) is 23.4 Å². The highest BCUT2D eigenvalue weighted by molar-refractivity contribution is 5.56. The molecule has 174 valence electrons. The number of hydrogen-bond acceptors (Lipinski definition) is 2. The molecule has 0 heterocycles. The van der Waals surface area contributed by atoms with Gasteiger partial charge in [0.1, 0.15) is 0 Å². The minimum atomic E-state index is -4.34. The van der Waals surface area contributed by atoms with E-state index in [-0.39, 0.29) is 16.9 Å². The number of fused-ring (bicyclic) bond motifs is 5. The maximum absolute atomic E-state index is 12.9. The molecule has 3 saturated carbocycles. The number of halogens is 3. The van der Waals surface area contributed by atoms with E-state index in [1.165, 1.54) is 17.7 Å². The minimum Gasteiger partial charge on any atom is -0.393 e. The number of alkyl halides is 3. The fraction of sp³-hybridized carbons (Fsp3) is 0.630. The second-order valence-corrected chi connectivity index (χ2v) is 11.1. The van der Waals surface area contributed by atoms with Gasteiger partial charge in [-0.05, 0) is 91.4 Å². The first-order valence-corrected chi connectivity index (χ1v) is 12.0. The average Bonchev–Trinajstić information content (AvgIpc) is 2.99. The van der Waals surface area contributed by atoms with E-state index in [4.69, 9.17) is 0 Å². The Morgan fingerprint density at radius 1 is 0.969 bits per heavy atom. The largest absolute Gasteiger partial charge is 0.416 e. The van der Waals surface area contributed by atoms with Crippen LogP contribution in [-0.2, 0) is 6.18 Å². The molecule has 0 saturated heterocycles. The highest BCUT2D eigenvalue weighted by atomic mass is 19.4. The van der Waals surface area contributed by atoms with Crippen molar-refractivity contribution in [1.82, 2.24) is 0 Å². The van der Waals surface area contributed by atoms with Crippen molar-refractivity contribution in [2.45, 2.75) is 77.2 Å². The number of aliphatic hydroxyl groups is 2. The molecule has 2 nitrogen and oxygen atoms in total. The second-order valence-electron chi connectivity index (χ2n) is 11.1. The van der Waals surface area contributed by atoms with Gasteiger partial charge in [-0.3, -0.25) is 0 Å². The minimum absolute atomic E-state index is 0.147. The van der Waals surface area contributed by atoms with Crippen LogP contribution in [0.1, 0.15) is 69.9 Å². The molecule has 5 heteroatoms. The van der Waals surface area contributed by atoms with E-state index in [1.54, 1.807) is 0 Å². The van der Waals surface area contributed by atoms with E-state index in [2.05, 4.69) is 19.9 Å². The lowest BCUT2D eigenvalue weighted by molar-refractivity contribution is -0.137. The van der Waals surface area contributed by atoms with Gasteiger partial charge in [0.05, 0.1) is 17.8 Å². The Hall–Kier alpha value is -1.59. The molecule has 5 rings (SSSR count). The third-order valence-corrected chi connectivity index (χ3v) is 9.54. The molecule has 32 heavy (non-hydrogen) atoms. The molecular weight excluding hydrogens is 413 g/mol. The van der Waals surface area contributed by atoms with Crippen LogP contribution in [0.15, 0.2) is 41.5 Å². The van der Waals surface area contributed by atoms with E-state index in [0.29, 0.717) is 23.3 Å². The van der Waals surface area contributed by atoms with Crippen LogP contribution < -0.4 is 0 Å². The third-order valence-electron chi connectivity index (χ3n) is 9.54. The third kappa shape index (κ3) is 3.38. The smallest absolute Gasteiger partial charge is 0.393 e. The molecule has 0 spiro atoms. The highest BCUT2D eigenvalue weighted by Crippen LogP contribution is 2.65. The van der Waals surface area contributed by atoms with Gasteiger partial charge in [-0.2, -0.15) is 13.2 Å². The van der Waals surface area contributed by atoms with Crippen LogP contribution in [0.3, 0.4) is 0 Å². The van der Waals surface area contributed by atoms with Gasteiger partial charge < -0.3 is 10.2 Å². The van der Waals surface area contributed by atoms with Crippen molar-refractivity contribution in [2.24, 2.45) is 28.6 Å². The van der Waals surface area contributed by atoms with Crippen molar-refractivity contribution < 1.29 is 23.4 Å². The predicted molar refractivity (Wildman–Crippen MR) is 119 cm³/mol. The Balaban J connectivity index is 1.42. The van der Waals surface area contributed by atoms with Crippen molar-refractivity contribution in [3.05, 3.63) is 52.6 Å². The quantitative estimate of drug-likeness (QED) is 0.491. The van der Waals surface area contributed by atoms with Gasteiger partial charge in [-0.1, -0.05) is 43.7 Å². The summed E-state index contributed by atoms with van der Waals surface area (Å²) in [5, 5.41) is 21.5. The van der Waals surface area contributed by atoms with Crippen LogP contribution in [0.5, 0.6) is 0 Å². The van der Waals surface area contributed by atoms with Gasteiger partial charge in [0.2, 0.25) is 0 Å². The molecule has 2 N–H and O–H groups in total. The molecule has 0 radical (unpaired) electrons. The van der Waals surface area contributed by atoms with Crippen LogP contribution >= 0.6 is 0 Å². The Morgan fingerprint density at radius 2 is 1.69 bits per heavy atom. The zero-order chi connectivity index (χ0) is 22.9. The number of allylic oxidation sites excluding steroid dienone is 1. The fourth-order valence-corrected chi connectivity index (χ4v) is 7.62. The molecule has 0 bridgehead atoms. The van der Waals surface area contributed by atoms with Crippen molar-refractivity contribution in [2.75, 3.05) is 0 Å². The Kier molecular flexibility index (Phi) is 5.18. The molecular formula is C27H33F3O2. The first kappa shape index (κ1) is 22.2. The summed E-state index contributed by atoms with van der Waals surface area (Å²) < 4.78 is 38.7. The van der Waals surface area contributed by atoms with Crippen LogP contribution in [-0.4, -0.2) is 22.4 Å². The van der Waals surface area contributed by atoms with Gasteiger partial charge in [-0.15, -0.1) is 0 Å². The van der Waals surface area contributed by atoms with Gasteiger partial charge >= 0.3 is 6.18 Å². The molecule has 0 aliphatic heterocycles. The Morgan fingerprint density at radius 3 is 2.38 bits per heavy atom. The van der Waals surface area contributed by atoms with Crippen molar-refractivity contribution >= 4 is 6.08 Å². The molecule has 4 aliphatic carbocycles. The second kappa shape index (κ2) is 7.46. The molecule has 4 aliphatic rings. The number of rotatable bonds is 1. The van der Waals surface area contributed by atoms with Gasteiger partial charge in [0.15, 0.2) is 0 Å². The highest BCUT2D eigenvalue weighted by Gasteiger charge is 2.59. The van der Waals surface area contributed by atoms with Gasteiger partial charge in [0.25, 0.3) is 0 Å². The lowest BCUT2D eigenvalue weighted by Crippen LogP contribution is -2.51. The Bertz CT molecular complexity index is 947. The molecule has 7 atom stereocenters. The van der Waals surface area contributed by atoms with Crippen molar-refractivity contribution in [3.63, 3.8) is 0 Å². The first-order valence-electron chi connectivity index (χ1n) is 12.0. The van der Waals surface area contributed by atoms with Crippen molar-refractivity contribution in [3.8, 4) is 0 Å². The summed E-state index contributed by atoms with van der Waals surface area (Å²) in [6.07, 6.45) is 5.73. The average molecular weight is 447 g/mol. The summed E-state index contributed by atoms with van der Waals surface area (Å²) >= 11 is 0. The lowest BCUT2D eigenvalue weighted by atomic mass is 9.48. The SMILES string of the molecule is C[C@]12CC[C@@H]3[C@H](CC=C4C[C@@H](O)CC[C@@]43C)[C@H]1C/C(=C\c1ccc(C(F)(F)F)cc1)[C@@H]2O. The summed E-state index contributed by atoms with van der Waals surface area (Å²) in [6, 6.07) is 5.23. The standard InChI is InChI=1S/C27H33F3O2/c1-25-11-9-20(31)15-19(25)7-8-21-22(25)10-12-26(2)23(21)14-17(24(26)32)13-16-3-5-18(6-4-16)27(28,29)30/h3-7,13,20-24,31-32H,8-12,14-15H2,1-2H3/b17-13+/t20-,21-,22+,23+,24-,25-,26-/m0/s1. The number of aliphatic hydroxyl groups excluding tert-OH is 2. The van der Waals surface area contributed by atoms with E-state index in [1.807, 2.05) is 6.08 Å². The van der Waals surface area contributed by atoms with Crippen molar-refractivity contribution in [1.29, 1.82) is 0 Å². The van der Waals surface area contributed by atoms with Crippen LogP contribution in [0.25, 0.3) is 6.08 Å². The molecule has 0 amide bonds. The molecule has 0 aromatic heterocycles. The summed E-state index contributed by atoms with van der Waals surface area (Å²) in [5.74, 6) is 1.45. The molecule has 0 unspecified atom stereocenters. The fourth-order valence-electron chi connectivity index (χ4n) is 7.62. The summed E-state index contributed by atoms with van der Waals surface area (Å²) in [7, 11) is 0. The van der Waals surface area contributed by atoms with E-state index in [0.717, 1.165) is 62.7 Å². The Labute approximate surface area is 188 Å². The zero-order valence-corrected chi connectivity index (χ0v) is 18.8. The molecule has 3 fully saturated rings. The van der Waals surface area contributed by atoms with E-state index >= 15 is 0 Å². The van der Waals surface area contributed by atoms with E-state index < -0.39 is 17.8 Å². The summed E-state index contributed by atoms with van der Waals surface area (Å²) in [5.41, 5.74) is 2.41. The number of hydrogen-bond donors (Lipinski definition) is 2.